The van der Waals surface area contributed by atoms with E-state index in [4.69, 9.17) is 0 Å². The number of anilines is 1. The molecule has 1 aromatic carbocycles. The average molecular weight is 338 g/mol. The molecule has 0 atom stereocenters. The number of sulfonamides is 1. The third-order valence-corrected chi connectivity index (χ3v) is 5.40. The first-order chi connectivity index (χ1) is 10.9. The normalized spacial score (nSPS) is 16.0. The van der Waals surface area contributed by atoms with Gasteiger partial charge in [0, 0.05) is 26.1 Å². The molecule has 1 aliphatic heterocycles. The summed E-state index contributed by atoms with van der Waals surface area (Å²) in [5.74, 6) is 0.0488. The maximum Gasteiger partial charge on any atom is 0.232 e. The lowest BCUT2D eigenvalue weighted by molar-refractivity contribution is -0.130. The molecule has 23 heavy (non-hydrogen) atoms. The summed E-state index contributed by atoms with van der Waals surface area (Å²) in [5.41, 5.74) is 1.68. The van der Waals surface area contributed by atoms with Crippen molar-refractivity contribution in [1.29, 1.82) is 0 Å². The smallest absolute Gasteiger partial charge is 0.232 e. The average Bonchev–Trinajstić information content (AvgIpc) is 2.77. The summed E-state index contributed by atoms with van der Waals surface area (Å²) in [6.07, 6.45) is 5.83. The van der Waals surface area contributed by atoms with Gasteiger partial charge in [0.05, 0.1) is 11.9 Å². The number of carbonyl (C=O) groups is 1. The Balaban J connectivity index is 2.04. The fourth-order valence-corrected chi connectivity index (χ4v) is 3.80. The van der Waals surface area contributed by atoms with E-state index in [0.717, 1.165) is 31.5 Å². The molecule has 0 unspecified atom stereocenters. The van der Waals surface area contributed by atoms with Crippen LogP contribution in [0.15, 0.2) is 24.3 Å². The van der Waals surface area contributed by atoms with Crippen LogP contribution in [0.2, 0.25) is 0 Å². The maximum absolute atomic E-state index is 12.4. The van der Waals surface area contributed by atoms with Crippen LogP contribution in [0.1, 0.15) is 37.7 Å². The van der Waals surface area contributed by atoms with Crippen LogP contribution in [0.4, 0.5) is 5.69 Å². The van der Waals surface area contributed by atoms with Crippen molar-refractivity contribution in [3.63, 3.8) is 0 Å². The molecule has 2 rings (SSSR count). The summed E-state index contributed by atoms with van der Waals surface area (Å²) in [7, 11) is -3.40. The van der Waals surface area contributed by atoms with Crippen LogP contribution >= 0.6 is 0 Å². The Hall–Kier alpha value is -1.56. The second-order valence-electron chi connectivity index (χ2n) is 6.22. The van der Waals surface area contributed by atoms with Crippen molar-refractivity contribution in [1.82, 2.24) is 4.90 Å². The first kappa shape index (κ1) is 17.8. The van der Waals surface area contributed by atoms with Gasteiger partial charge in [-0.2, -0.15) is 0 Å². The fraction of sp³-hybridized carbons (Fsp3) is 0.588. The lowest BCUT2D eigenvalue weighted by atomic mass is 10.2. The first-order valence-electron chi connectivity index (χ1n) is 8.20. The SMILES string of the molecule is Cc1ccc(N(CCC(=O)N2CCCCCC2)S(C)(=O)=O)cc1. The Bertz CT molecular complexity index is 618. The molecule has 0 spiro atoms. The standard InChI is InChI=1S/C17H26N2O3S/c1-15-7-9-16(10-8-15)19(23(2,21)22)14-11-17(20)18-12-5-3-4-6-13-18/h7-10H,3-6,11-14H2,1-2H3. The van der Waals surface area contributed by atoms with E-state index in [9.17, 15) is 13.2 Å². The molecule has 1 amide bonds. The van der Waals surface area contributed by atoms with Gasteiger partial charge >= 0.3 is 0 Å². The molecule has 0 aromatic heterocycles. The second-order valence-corrected chi connectivity index (χ2v) is 8.12. The van der Waals surface area contributed by atoms with Gasteiger partial charge < -0.3 is 4.90 Å². The highest BCUT2D eigenvalue weighted by Gasteiger charge is 2.21. The van der Waals surface area contributed by atoms with E-state index in [0.29, 0.717) is 5.69 Å². The van der Waals surface area contributed by atoms with Crippen LogP contribution in [0.25, 0.3) is 0 Å². The Kier molecular flexibility index (Phi) is 6.04. The van der Waals surface area contributed by atoms with Crippen molar-refractivity contribution in [2.75, 3.05) is 30.2 Å². The van der Waals surface area contributed by atoms with E-state index >= 15 is 0 Å². The highest BCUT2D eigenvalue weighted by Crippen LogP contribution is 2.19. The van der Waals surface area contributed by atoms with E-state index in [1.807, 2.05) is 24.0 Å². The minimum atomic E-state index is -3.40. The minimum absolute atomic E-state index is 0.0488. The number of hydrogen-bond acceptors (Lipinski definition) is 3. The molecule has 6 heteroatoms. The Labute approximate surface area is 139 Å². The second kappa shape index (κ2) is 7.81. The summed E-state index contributed by atoms with van der Waals surface area (Å²) >= 11 is 0. The third-order valence-electron chi connectivity index (χ3n) is 4.21. The van der Waals surface area contributed by atoms with Gasteiger partial charge in [-0.15, -0.1) is 0 Å². The van der Waals surface area contributed by atoms with Crippen molar-refractivity contribution >= 4 is 21.6 Å². The van der Waals surface area contributed by atoms with E-state index in [2.05, 4.69) is 0 Å². The molecule has 1 aliphatic rings. The van der Waals surface area contributed by atoms with Crippen molar-refractivity contribution in [3.8, 4) is 0 Å². The molecule has 1 fully saturated rings. The van der Waals surface area contributed by atoms with E-state index in [1.165, 1.54) is 23.4 Å². The van der Waals surface area contributed by atoms with E-state index < -0.39 is 10.0 Å². The molecule has 0 bridgehead atoms. The van der Waals surface area contributed by atoms with Crippen molar-refractivity contribution in [2.45, 2.75) is 39.0 Å². The number of aryl methyl sites for hydroxylation is 1. The zero-order valence-corrected chi connectivity index (χ0v) is 14.8. The van der Waals surface area contributed by atoms with Gasteiger partial charge in [-0.05, 0) is 31.9 Å². The molecule has 5 nitrogen and oxygen atoms in total. The summed E-state index contributed by atoms with van der Waals surface area (Å²) in [6.45, 7) is 3.74. The quantitative estimate of drug-likeness (QED) is 0.829. The topological polar surface area (TPSA) is 57.7 Å². The summed E-state index contributed by atoms with van der Waals surface area (Å²) in [4.78, 5) is 14.2. The molecular weight excluding hydrogens is 312 g/mol. The van der Waals surface area contributed by atoms with Crippen LogP contribution in [0.5, 0.6) is 0 Å². The Morgan fingerprint density at radius 2 is 1.65 bits per heavy atom. The van der Waals surface area contributed by atoms with Crippen molar-refractivity contribution in [3.05, 3.63) is 29.8 Å². The zero-order chi connectivity index (χ0) is 16.9. The molecular formula is C17H26N2O3S. The molecule has 0 radical (unpaired) electrons. The number of benzene rings is 1. The molecule has 0 saturated carbocycles. The Morgan fingerprint density at radius 1 is 1.09 bits per heavy atom. The van der Waals surface area contributed by atoms with Gasteiger partial charge in [0.1, 0.15) is 0 Å². The molecule has 128 valence electrons. The van der Waals surface area contributed by atoms with Gasteiger partial charge in [-0.1, -0.05) is 30.5 Å². The van der Waals surface area contributed by atoms with Gasteiger partial charge in [-0.3, -0.25) is 9.10 Å². The highest BCUT2D eigenvalue weighted by atomic mass is 32.2. The highest BCUT2D eigenvalue weighted by molar-refractivity contribution is 7.92. The zero-order valence-electron chi connectivity index (χ0n) is 14.0. The van der Waals surface area contributed by atoms with Crippen LogP contribution < -0.4 is 4.31 Å². The fourth-order valence-electron chi connectivity index (χ4n) is 2.87. The number of rotatable bonds is 5. The van der Waals surface area contributed by atoms with Crippen molar-refractivity contribution in [2.24, 2.45) is 0 Å². The monoisotopic (exact) mass is 338 g/mol. The van der Waals surface area contributed by atoms with E-state index in [1.54, 1.807) is 12.1 Å². The number of carbonyl (C=O) groups excluding carboxylic acids is 1. The summed E-state index contributed by atoms with van der Waals surface area (Å²) in [5, 5.41) is 0. The van der Waals surface area contributed by atoms with Crippen LogP contribution in [0, 0.1) is 6.92 Å². The summed E-state index contributed by atoms with van der Waals surface area (Å²) in [6, 6.07) is 7.33. The molecule has 1 heterocycles. The van der Waals surface area contributed by atoms with Gasteiger partial charge in [0.2, 0.25) is 15.9 Å². The molecule has 0 aliphatic carbocycles. The Morgan fingerprint density at radius 3 is 2.17 bits per heavy atom. The van der Waals surface area contributed by atoms with Crippen LogP contribution in [-0.4, -0.2) is 45.1 Å². The van der Waals surface area contributed by atoms with Gasteiger partial charge in [0.25, 0.3) is 0 Å². The number of hydrogen-bond donors (Lipinski definition) is 0. The number of nitrogens with zero attached hydrogens (tertiary/aromatic N) is 2. The maximum atomic E-state index is 12.4. The third kappa shape index (κ3) is 5.23. The summed E-state index contributed by atoms with van der Waals surface area (Å²) < 4.78 is 25.4. The predicted molar refractivity (Wildman–Crippen MR) is 93.0 cm³/mol. The molecule has 1 aromatic rings. The predicted octanol–water partition coefficient (Wildman–Crippen LogP) is 2.55. The molecule has 1 saturated heterocycles. The number of likely N-dealkylation sites (tertiary alicyclic amines) is 1. The first-order valence-corrected chi connectivity index (χ1v) is 10.0. The van der Waals surface area contributed by atoms with E-state index in [-0.39, 0.29) is 18.9 Å². The van der Waals surface area contributed by atoms with Gasteiger partial charge in [0.15, 0.2) is 0 Å². The van der Waals surface area contributed by atoms with Crippen LogP contribution in [0.3, 0.4) is 0 Å². The lowest BCUT2D eigenvalue weighted by Crippen LogP contribution is -2.37. The van der Waals surface area contributed by atoms with Crippen LogP contribution in [-0.2, 0) is 14.8 Å². The minimum Gasteiger partial charge on any atom is -0.343 e. The van der Waals surface area contributed by atoms with Gasteiger partial charge in [-0.25, -0.2) is 8.42 Å². The van der Waals surface area contributed by atoms with Crippen molar-refractivity contribution < 1.29 is 13.2 Å². The lowest BCUT2D eigenvalue weighted by Gasteiger charge is -2.25. The molecule has 0 N–H and O–H groups in total. The number of amides is 1. The largest absolute Gasteiger partial charge is 0.343 e.